The average molecular weight is 335 g/mol. The van der Waals surface area contributed by atoms with Crippen molar-refractivity contribution in [3.05, 3.63) is 29.3 Å². The van der Waals surface area contributed by atoms with Crippen molar-refractivity contribution < 1.29 is 26.3 Å². The van der Waals surface area contributed by atoms with Gasteiger partial charge in [-0.2, -0.15) is 26.3 Å². The standard InChI is InChI=1S/C12H12F6N2.ClH/c13-11(14,15)8-5-9(12(16,17)18)7-10(6-8)20-3-1-19-2-4-20;/h5-7,19H,1-4H2;1H. The van der Waals surface area contributed by atoms with Gasteiger partial charge in [0.2, 0.25) is 0 Å². The molecule has 0 amide bonds. The molecule has 0 bridgehead atoms. The van der Waals surface area contributed by atoms with Gasteiger partial charge in [-0.25, -0.2) is 0 Å². The fourth-order valence-corrected chi connectivity index (χ4v) is 2.04. The third-order valence-electron chi connectivity index (χ3n) is 3.05. The van der Waals surface area contributed by atoms with Gasteiger partial charge in [0.05, 0.1) is 11.1 Å². The predicted octanol–water partition coefficient (Wildman–Crippen LogP) is 3.56. The highest BCUT2D eigenvalue weighted by molar-refractivity contribution is 5.85. The highest BCUT2D eigenvalue weighted by Crippen LogP contribution is 2.38. The SMILES string of the molecule is Cl.FC(F)(F)c1cc(N2CCNCC2)cc(C(F)(F)F)c1. The van der Waals surface area contributed by atoms with Gasteiger partial charge in [-0.15, -0.1) is 12.4 Å². The second-order valence-corrected chi connectivity index (χ2v) is 4.50. The highest BCUT2D eigenvalue weighted by atomic mass is 35.5. The molecular formula is C12H13ClF6N2. The quantitative estimate of drug-likeness (QED) is 0.790. The second-order valence-electron chi connectivity index (χ2n) is 4.50. The Hall–Kier alpha value is -1.15. The summed E-state index contributed by atoms with van der Waals surface area (Å²) in [6, 6.07) is 1.67. The summed E-state index contributed by atoms with van der Waals surface area (Å²) in [6.45, 7) is 1.80. The Morgan fingerprint density at radius 2 is 1.24 bits per heavy atom. The smallest absolute Gasteiger partial charge is 0.369 e. The molecule has 1 aliphatic rings. The van der Waals surface area contributed by atoms with Gasteiger partial charge in [0.15, 0.2) is 0 Å². The van der Waals surface area contributed by atoms with Crippen molar-refractivity contribution in [3.63, 3.8) is 0 Å². The van der Waals surface area contributed by atoms with E-state index in [1.54, 1.807) is 0 Å². The lowest BCUT2D eigenvalue weighted by Crippen LogP contribution is -2.43. The molecule has 1 aromatic carbocycles. The molecule has 1 aromatic rings. The zero-order valence-electron chi connectivity index (χ0n) is 10.7. The Bertz CT molecular complexity index is 447. The first-order chi connectivity index (χ1) is 9.18. The average Bonchev–Trinajstić information content (AvgIpc) is 2.37. The number of benzene rings is 1. The molecule has 0 unspecified atom stereocenters. The van der Waals surface area contributed by atoms with Crippen LogP contribution in [0.3, 0.4) is 0 Å². The van der Waals surface area contributed by atoms with Crippen LogP contribution >= 0.6 is 12.4 Å². The zero-order valence-corrected chi connectivity index (χ0v) is 11.5. The molecule has 21 heavy (non-hydrogen) atoms. The first-order valence-corrected chi connectivity index (χ1v) is 5.93. The highest BCUT2D eigenvalue weighted by Gasteiger charge is 2.37. The monoisotopic (exact) mass is 334 g/mol. The van der Waals surface area contributed by atoms with E-state index >= 15 is 0 Å². The third-order valence-corrected chi connectivity index (χ3v) is 3.05. The molecule has 0 saturated carbocycles. The van der Waals surface area contributed by atoms with E-state index in [4.69, 9.17) is 0 Å². The van der Waals surface area contributed by atoms with Crippen LogP contribution in [0.2, 0.25) is 0 Å². The van der Waals surface area contributed by atoms with Gasteiger partial charge in [0.1, 0.15) is 0 Å². The van der Waals surface area contributed by atoms with Crippen LogP contribution in [0, 0.1) is 0 Å². The lowest BCUT2D eigenvalue weighted by atomic mass is 10.1. The van der Waals surface area contributed by atoms with Crippen LogP contribution in [0.25, 0.3) is 0 Å². The van der Waals surface area contributed by atoms with E-state index in [0.29, 0.717) is 26.2 Å². The topological polar surface area (TPSA) is 15.3 Å². The van der Waals surface area contributed by atoms with Crippen LogP contribution in [0.15, 0.2) is 18.2 Å². The fraction of sp³-hybridized carbons (Fsp3) is 0.500. The second kappa shape index (κ2) is 6.31. The molecular weight excluding hydrogens is 322 g/mol. The largest absolute Gasteiger partial charge is 0.416 e. The summed E-state index contributed by atoms with van der Waals surface area (Å²) < 4.78 is 76.2. The fourth-order valence-electron chi connectivity index (χ4n) is 2.04. The maximum absolute atomic E-state index is 12.7. The van der Waals surface area contributed by atoms with Crippen LogP contribution in [0.5, 0.6) is 0 Å². The van der Waals surface area contributed by atoms with Crippen LogP contribution in [0.4, 0.5) is 32.0 Å². The first-order valence-electron chi connectivity index (χ1n) is 5.93. The normalized spacial score (nSPS) is 16.6. The van der Waals surface area contributed by atoms with Crippen molar-refractivity contribution in [2.24, 2.45) is 0 Å². The molecule has 1 fully saturated rings. The van der Waals surface area contributed by atoms with E-state index in [2.05, 4.69) is 5.32 Å². The lowest BCUT2D eigenvalue weighted by molar-refractivity contribution is -0.143. The number of nitrogens with one attached hydrogen (secondary N) is 1. The minimum absolute atomic E-state index is 0. The third kappa shape index (κ3) is 4.41. The van der Waals surface area contributed by atoms with Crippen molar-refractivity contribution >= 4 is 18.1 Å². The van der Waals surface area contributed by atoms with E-state index < -0.39 is 23.5 Å². The minimum Gasteiger partial charge on any atom is -0.369 e. The van der Waals surface area contributed by atoms with E-state index in [1.807, 2.05) is 0 Å². The Kier molecular flexibility index (Phi) is 5.38. The van der Waals surface area contributed by atoms with Crippen molar-refractivity contribution in [2.75, 3.05) is 31.1 Å². The number of halogens is 7. The summed E-state index contributed by atoms with van der Waals surface area (Å²) in [6.07, 6.45) is -9.60. The summed E-state index contributed by atoms with van der Waals surface area (Å²) in [4.78, 5) is 1.51. The maximum atomic E-state index is 12.7. The van der Waals surface area contributed by atoms with Crippen LogP contribution in [-0.4, -0.2) is 26.2 Å². The summed E-state index contributed by atoms with van der Waals surface area (Å²) in [5, 5.41) is 2.99. The summed E-state index contributed by atoms with van der Waals surface area (Å²) >= 11 is 0. The first kappa shape index (κ1) is 17.9. The summed E-state index contributed by atoms with van der Waals surface area (Å²) in [5.74, 6) is 0. The van der Waals surface area contributed by atoms with Gasteiger partial charge in [-0.05, 0) is 18.2 Å². The Labute approximate surface area is 123 Å². The molecule has 2 rings (SSSR count). The molecule has 0 aliphatic carbocycles. The Morgan fingerprint density at radius 3 is 1.62 bits per heavy atom. The molecule has 1 saturated heterocycles. The molecule has 0 spiro atoms. The van der Waals surface area contributed by atoms with E-state index in [9.17, 15) is 26.3 Å². The van der Waals surface area contributed by atoms with Gasteiger partial charge in [0.25, 0.3) is 0 Å². The van der Waals surface area contributed by atoms with Crippen molar-refractivity contribution in [1.82, 2.24) is 5.32 Å². The van der Waals surface area contributed by atoms with Crippen LogP contribution in [-0.2, 0) is 12.4 Å². The number of nitrogens with zero attached hydrogens (tertiary/aromatic N) is 1. The van der Waals surface area contributed by atoms with Crippen LogP contribution in [0.1, 0.15) is 11.1 Å². The number of rotatable bonds is 1. The number of alkyl halides is 6. The van der Waals surface area contributed by atoms with Crippen LogP contribution < -0.4 is 10.2 Å². The maximum Gasteiger partial charge on any atom is 0.416 e. The van der Waals surface area contributed by atoms with Gasteiger partial charge >= 0.3 is 12.4 Å². The lowest BCUT2D eigenvalue weighted by Gasteiger charge is -2.30. The molecule has 9 heteroatoms. The van der Waals surface area contributed by atoms with E-state index in [0.717, 1.165) is 12.1 Å². The van der Waals surface area contributed by atoms with Gasteiger partial charge in [-0.3, -0.25) is 0 Å². The van der Waals surface area contributed by atoms with E-state index in [1.165, 1.54) is 4.90 Å². The number of hydrogen-bond acceptors (Lipinski definition) is 2. The Morgan fingerprint density at radius 1 is 0.810 bits per heavy atom. The summed E-state index contributed by atoms with van der Waals surface area (Å²) in [7, 11) is 0. The van der Waals surface area contributed by atoms with Crippen molar-refractivity contribution in [1.29, 1.82) is 0 Å². The van der Waals surface area contributed by atoms with Gasteiger partial charge < -0.3 is 10.2 Å². The molecule has 0 radical (unpaired) electrons. The Balaban J connectivity index is 0.00000220. The van der Waals surface area contributed by atoms with Crippen molar-refractivity contribution in [2.45, 2.75) is 12.4 Å². The molecule has 1 N–H and O–H groups in total. The van der Waals surface area contributed by atoms with E-state index in [-0.39, 0.29) is 24.2 Å². The summed E-state index contributed by atoms with van der Waals surface area (Å²) in [5.41, 5.74) is -2.60. The zero-order chi connectivity index (χ0) is 15.0. The molecule has 2 nitrogen and oxygen atoms in total. The molecule has 1 aliphatic heterocycles. The number of piperazine rings is 1. The molecule has 1 heterocycles. The molecule has 120 valence electrons. The van der Waals surface area contributed by atoms with Crippen molar-refractivity contribution in [3.8, 4) is 0 Å². The van der Waals surface area contributed by atoms with Gasteiger partial charge in [0, 0.05) is 31.9 Å². The van der Waals surface area contributed by atoms with Gasteiger partial charge in [-0.1, -0.05) is 0 Å². The molecule has 0 aromatic heterocycles. The minimum atomic E-state index is -4.80. The number of hydrogen-bond donors (Lipinski definition) is 1. The molecule has 0 atom stereocenters. The predicted molar refractivity (Wildman–Crippen MR) is 68.8 cm³/mol. The number of anilines is 1.